The second-order valence-corrected chi connectivity index (χ2v) is 21.4. The van der Waals surface area contributed by atoms with Crippen LogP contribution in [0.2, 0.25) is 0 Å². The maximum atomic E-state index is 7.78. The lowest BCUT2D eigenvalue weighted by Crippen LogP contribution is -2.32. The van der Waals surface area contributed by atoms with E-state index in [1.165, 1.54) is 61.5 Å². The molecule has 4 aromatic heterocycles. The standard InChI is InChI=1S/C23H29N2.C19H20N.C18H18N.C12H15N2/c1-16(2)19-12-9-13-20(17(3)4)22(19)25-15-14-24(6)23(25)21-11-8-7-10-18(21)5;1-13-11-14(2)15(3)17(12-13)19-10-9-16-7-5-6-8-18(16)20(19)4;1-13-8-10-16(14(2)12-13)18-11-9-15-6-4-5-7-17(15)19(18)3;1-10-6-4-5-7-11(10)12-13(2)8-9-14(12)3/h7-17H,1-6H3;5-12H,1-4H3;4-12H,1-3H3;4-9H,1-3H3/q4*+1/i;2D3;1D3;. The number of aryl methyl sites for hydroxylation is 11. The maximum absolute atomic E-state index is 7.78. The Morgan fingerprint density at radius 3 is 1.44 bits per heavy atom. The summed E-state index contributed by atoms with van der Waals surface area (Å²) in [7, 11) is 10.3. The molecule has 396 valence electrons. The normalized spacial score (nSPS) is 12.5. The lowest BCUT2D eigenvalue weighted by atomic mass is 9.92. The van der Waals surface area contributed by atoms with Gasteiger partial charge in [0.2, 0.25) is 22.4 Å². The fourth-order valence-corrected chi connectivity index (χ4v) is 10.7. The number of pyridine rings is 2. The molecular weight excluding hydrogens is 949 g/mol. The number of imidazole rings is 2. The molecule has 0 aliphatic rings. The van der Waals surface area contributed by atoms with E-state index in [0.29, 0.717) is 23.0 Å². The molecule has 0 atom stereocenters. The molecule has 0 amide bonds. The van der Waals surface area contributed by atoms with Gasteiger partial charge in [0.1, 0.15) is 44.6 Å². The minimum atomic E-state index is -2.10. The topological polar surface area (TPSA) is 25.4 Å². The molecule has 0 N–H and O–H groups in total. The van der Waals surface area contributed by atoms with E-state index in [9.17, 15) is 0 Å². The van der Waals surface area contributed by atoms with Crippen molar-refractivity contribution in [1.82, 2.24) is 9.13 Å². The third-order valence-corrected chi connectivity index (χ3v) is 15.0. The van der Waals surface area contributed by atoms with Crippen molar-refractivity contribution in [3.8, 4) is 51.0 Å². The first-order valence-electron chi connectivity index (χ1n) is 30.1. The molecule has 6 nitrogen and oxygen atoms in total. The van der Waals surface area contributed by atoms with Gasteiger partial charge in [0.25, 0.3) is 11.6 Å². The number of benzene rings is 7. The molecule has 4 heterocycles. The summed E-state index contributed by atoms with van der Waals surface area (Å²) in [5.41, 5.74) is 19.3. The zero-order chi connectivity index (χ0) is 60.9. The van der Waals surface area contributed by atoms with Crippen LogP contribution in [-0.2, 0) is 35.2 Å². The van der Waals surface area contributed by atoms with Crippen LogP contribution in [0.25, 0.3) is 72.8 Å². The molecule has 0 bridgehead atoms. The Labute approximate surface area is 474 Å². The predicted octanol–water partition coefficient (Wildman–Crippen LogP) is 15.6. The Balaban J connectivity index is 0.000000149. The molecule has 0 aliphatic heterocycles. The third kappa shape index (κ3) is 12.0. The first-order chi connectivity index (χ1) is 39.8. The van der Waals surface area contributed by atoms with Crippen LogP contribution >= 0.6 is 0 Å². The van der Waals surface area contributed by atoms with E-state index in [2.05, 4.69) is 236 Å². The van der Waals surface area contributed by atoms with Gasteiger partial charge in [0, 0.05) is 65.5 Å². The number of aromatic nitrogens is 6. The lowest BCUT2D eigenvalue weighted by molar-refractivity contribution is -0.659. The van der Waals surface area contributed by atoms with Crippen LogP contribution in [0.4, 0.5) is 0 Å². The number of hydrogen-bond acceptors (Lipinski definition) is 0. The van der Waals surface area contributed by atoms with Gasteiger partial charge in [-0.3, -0.25) is 0 Å². The van der Waals surface area contributed by atoms with Crippen LogP contribution in [0.5, 0.6) is 0 Å². The Bertz CT molecular complexity index is 4090. The smallest absolute Gasteiger partial charge is 0.233 e. The molecule has 0 fully saturated rings. The fourth-order valence-electron chi connectivity index (χ4n) is 10.7. The summed E-state index contributed by atoms with van der Waals surface area (Å²) in [6, 6.07) is 57.8. The molecule has 7 aromatic carbocycles. The van der Waals surface area contributed by atoms with Gasteiger partial charge in [0.15, 0.2) is 0 Å². The van der Waals surface area contributed by atoms with Crippen molar-refractivity contribution in [3.63, 3.8) is 0 Å². The number of para-hydroxylation sites is 3. The van der Waals surface area contributed by atoms with E-state index < -0.39 is 13.7 Å². The van der Waals surface area contributed by atoms with Gasteiger partial charge in [-0.25, -0.2) is 13.7 Å². The van der Waals surface area contributed by atoms with E-state index in [1.54, 1.807) is 18.2 Å². The molecule has 0 aliphatic carbocycles. The SMILES string of the molecule is Cc1ccccc1-c1n(-c2c(C(C)C)cccc2C(C)C)cc[n+]1C.Cc1ccccc1-c1n(C)cc[n+]1C.[2H]C([2H])([2H])c1cc(C)cc(-c2ccc3ccccc3[n+]2C)c1C.[2H]C([2H])([2H])c1ccc(-c2ccc3ccccc3[n+]2C)c(C)c1. The molecule has 0 spiro atoms. The summed E-state index contributed by atoms with van der Waals surface area (Å²) in [4.78, 5) is 0. The lowest BCUT2D eigenvalue weighted by Gasteiger charge is -2.18. The highest BCUT2D eigenvalue weighted by Gasteiger charge is 2.27. The molecular formula is C72H82N6+4. The quantitative estimate of drug-likeness (QED) is 0.142. The van der Waals surface area contributed by atoms with Crippen LogP contribution in [-0.4, -0.2) is 9.13 Å². The average molecular weight is 1040 g/mol. The van der Waals surface area contributed by atoms with E-state index in [-0.39, 0.29) is 0 Å². The Hall–Kier alpha value is -8.22. The zero-order valence-electron chi connectivity index (χ0n) is 54.3. The highest BCUT2D eigenvalue weighted by molar-refractivity contribution is 5.79. The average Bonchev–Trinajstić information content (AvgIpc) is 2.24. The summed E-state index contributed by atoms with van der Waals surface area (Å²) in [5.74, 6) is 3.42. The second kappa shape index (κ2) is 24.4. The molecule has 0 saturated carbocycles. The Kier molecular flexibility index (Phi) is 15.1. The van der Waals surface area contributed by atoms with Crippen LogP contribution in [0.3, 0.4) is 0 Å². The number of fused-ring (bicyclic) bond motifs is 2. The van der Waals surface area contributed by atoms with E-state index in [1.807, 2.05) is 65.2 Å². The first-order valence-corrected chi connectivity index (χ1v) is 27.1. The van der Waals surface area contributed by atoms with Gasteiger partial charge < -0.3 is 0 Å². The Morgan fingerprint density at radius 1 is 0.423 bits per heavy atom. The molecule has 11 aromatic rings. The minimum Gasteiger partial charge on any atom is -0.233 e. The van der Waals surface area contributed by atoms with Gasteiger partial charge in [-0.05, 0) is 137 Å². The van der Waals surface area contributed by atoms with Gasteiger partial charge in [-0.1, -0.05) is 136 Å². The molecule has 0 saturated heterocycles. The fraction of sp³-hybridized carbons (Fsp3) is 0.250. The van der Waals surface area contributed by atoms with Crippen molar-refractivity contribution in [3.05, 3.63) is 245 Å². The van der Waals surface area contributed by atoms with E-state index in [0.717, 1.165) is 50.2 Å². The van der Waals surface area contributed by atoms with Crippen LogP contribution in [0, 0.1) is 48.3 Å². The van der Waals surface area contributed by atoms with Gasteiger partial charge >= 0.3 is 0 Å². The Morgan fingerprint density at radius 2 is 0.923 bits per heavy atom. The maximum Gasteiger partial charge on any atom is 0.294 e. The minimum absolute atomic E-state index is 0.386. The van der Waals surface area contributed by atoms with Crippen molar-refractivity contribution in [2.45, 2.75) is 87.9 Å². The number of nitrogens with zero attached hydrogens (tertiary/aromatic N) is 6. The molecule has 0 radical (unpaired) electrons. The van der Waals surface area contributed by atoms with Crippen LogP contribution < -0.4 is 18.3 Å². The van der Waals surface area contributed by atoms with Crippen molar-refractivity contribution in [2.75, 3.05) is 0 Å². The third-order valence-electron chi connectivity index (χ3n) is 15.0. The summed E-state index contributed by atoms with van der Waals surface area (Å²) in [6.45, 7) is 15.1. The highest BCUT2D eigenvalue weighted by atomic mass is 15.1. The van der Waals surface area contributed by atoms with Gasteiger partial charge in [-0.15, -0.1) is 0 Å². The summed E-state index contributed by atoms with van der Waals surface area (Å²) >= 11 is 0. The van der Waals surface area contributed by atoms with Gasteiger partial charge in [-0.2, -0.15) is 13.7 Å². The predicted molar refractivity (Wildman–Crippen MR) is 327 cm³/mol. The summed E-state index contributed by atoms with van der Waals surface area (Å²) in [6.07, 6.45) is 8.50. The van der Waals surface area contributed by atoms with E-state index >= 15 is 0 Å². The van der Waals surface area contributed by atoms with Crippen molar-refractivity contribution in [1.29, 1.82) is 0 Å². The summed E-state index contributed by atoms with van der Waals surface area (Å²) < 4.78 is 59.1. The summed E-state index contributed by atoms with van der Waals surface area (Å²) in [5, 5.41) is 2.35. The van der Waals surface area contributed by atoms with Crippen molar-refractivity contribution >= 4 is 21.8 Å². The van der Waals surface area contributed by atoms with Crippen molar-refractivity contribution < 1.29 is 26.5 Å². The van der Waals surface area contributed by atoms with Gasteiger partial charge in [0.05, 0.1) is 32.3 Å². The number of rotatable bonds is 7. The largest absolute Gasteiger partial charge is 0.294 e. The first kappa shape index (κ1) is 48.2. The molecule has 11 rings (SSSR count). The zero-order valence-corrected chi connectivity index (χ0v) is 48.3. The monoisotopic (exact) mass is 1040 g/mol. The highest BCUT2D eigenvalue weighted by Crippen LogP contribution is 2.34. The second-order valence-electron chi connectivity index (χ2n) is 21.4. The molecule has 6 heteroatoms. The number of hydrogen-bond donors (Lipinski definition) is 0. The molecule has 78 heavy (non-hydrogen) atoms. The molecule has 0 unspecified atom stereocenters. The van der Waals surface area contributed by atoms with E-state index in [4.69, 9.17) is 8.22 Å². The van der Waals surface area contributed by atoms with Crippen LogP contribution in [0.15, 0.2) is 195 Å². The van der Waals surface area contributed by atoms with Crippen molar-refractivity contribution in [2.24, 2.45) is 35.2 Å². The van der Waals surface area contributed by atoms with Crippen LogP contribution in [0.1, 0.15) is 97.8 Å².